The topological polar surface area (TPSA) is 66.6 Å². The molecular formula is C14H25N3O2S. The van der Waals surface area contributed by atoms with Gasteiger partial charge in [-0.15, -0.1) is 0 Å². The van der Waals surface area contributed by atoms with Crippen LogP contribution in [0.1, 0.15) is 25.8 Å². The molecule has 0 aliphatic rings. The molecule has 2 N–H and O–H groups in total. The zero-order valence-corrected chi connectivity index (χ0v) is 13.4. The van der Waals surface area contributed by atoms with Crippen LogP contribution < -0.4 is 10.0 Å². The van der Waals surface area contributed by atoms with E-state index < -0.39 is 10.2 Å². The van der Waals surface area contributed by atoms with Gasteiger partial charge in [0.2, 0.25) is 0 Å². The third kappa shape index (κ3) is 3.94. The highest BCUT2D eigenvalue weighted by Gasteiger charge is 2.27. The number of rotatable bonds is 8. The average Bonchev–Trinajstić information content (AvgIpc) is 2.42. The van der Waals surface area contributed by atoms with Crippen LogP contribution in [0.25, 0.3) is 0 Å². The Morgan fingerprint density at radius 2 is 1.65 bits per heavy atom. The molecule has 1 rings (SSSR count). The first-order chi connectivity index (χ1) is 9.47. The van der Waals surface area contributed by atoms with Crippen LogP contribution in [-0.4, -0.2) is 38.9 Å². The molecule has 1 aromatic rings. The van der Waals surface area contributed by atoms with Gasteiger partial charge in [0.15, 0.2) is 0 Å². The fourth-order valence-electron chi connectivity index (χ4n) is 2.01. The highest BCUT2D eigenvalue weighted by Crippen LogP contribution is 2.21. The number of hydrogen-bond acceptors (Lipinski definition) is 3. The molecule has 1 aromatic carbocycles. The van der Waals surface area contributed by atoms with E-state index in [1.165, 1.54) is 8.61 Å². The molecule has 0 unspecified atom stereocenters. The quantitative estimate of drug-likeness (QED) is 0.795. The number of anilines is 1. The van der Waals surface area contributed by atoms with E-state index >= 15 is 0 Å². The Morgan fingerprint density at radius 3 is 2.10 bits per heavy atom. The van der Waals surface area contributed by atoms with Crippen molar-refractivity contribution in [2.75, 3.05) is 30.5 Å². The number of nitrogens with two attached hydrogens (primary N) is 1. The van der Waals surface area contributed by atoms with Crippen LogP contribution in [0.3, 0.4) is 0 Å². The summed E-state index contributed by atoms with van der Waals surface area (Å²) < 4.78 is 28.3. The number of aryl methyl sites for hydroxylation is 1. The molecule has 114 valence electrons. The van der Waals surface area contributed by atoms with Crippen LogP contribution in [-0.2, 0) is 10.2 Å². The first-order valence-electron chi connectivity index (χ1n) is 7.01. The van der Waals surface area contributed by atoms with Gasteiger partial charge in [-0.05, 0) is 32.0 Å². The van der Waals surface area contributed by atoms with Crippen molar-refractivity contribution in [2.45, 2.75) is 27.2 Å². The molecular weight excluding hydrogens is 274 g/mol. The van der Waals surface area contributed by atoms with Crippen molar-refractivity contribution in [3.05, 3.63) is 29.8 Å². The van der Waals surface area contributed by atoms with Gasteiger partial charge >= 0.3 is 10.2 Å². The highest BCUT2D eigenvalue weighted by molar-refractivity contribution is 7.90. The summed E-state index contributed by atoms with van der Waals surface area (Å²) in [5, 5.41) is 0. The van der Waals surface area contributed by atoms with Gasteiger partial charge in [0, 0.05) is 19.6 Å². The Balaban J connectivity index is 3.14. The Kier molecular flexibility index (Phi) is 6.45. The van der Waals surface area contributed by atoms with Gasteiger partial charge in [-0.25, -0.2) is 0 Å². The molecule has 6 heteroatoms. The Hall–Kier alpha value is -1.11. The minimum Gasteiger partial charge on any atom is -0.330 e. The summed E-state index contributed by atoms with van der Waals surface area (Å²) in [6, 6.07) is 7.52. The predicted octanol–water partition coefficient (Wildman–Crippen LogP) is 1.74. The summed E-state index contributed by atoms with van der Waals surface area (Å²) in [5.74, 6) is 0. The molecule has 0 bridgehead atoms. The Labute approximate surface area is 122 Å². The number of hydrogen-bond donors (Lipinski definition) is 1. The van der Waals surface area contributed by atoms with Crippen LogP contribution in [0.4, 0.5) is 5.69 Å². The first kappa shape index (κ1) is 16.9. The fourth-order valence-corrected chi connectivity index (χ4v) is 3.69. The van der Waals surface area contributed by atoms with Gasteiger partial charge in [0.25, 0.3) is 0 Å². The van der Waals surface area contributed by atoms with E-state index in [-0.39, 0.29) is 0 Å². The summed E-state index contributed by atoms with van der Waals surface area (Å²) in [6.45, 7) is 7.46. The third-order valence-corrected chi connectivity index (χ3v) is 5.32. The van der Waals surface area contributed by atoms with Crippen molar-refractivity contribution >= 4 is 15.9 Å². The van der Waals surface area contributed by atoms with E-state index in [0.29, 0.717) is 38.3 Å². The van der Waals surface area contributed by atoms with Crippen molar-refractivity contribution in [2.24, 2.45) is 5.73 Å². The summed E-state index contributed by atoms with van der Waals surface area (Å²) in [6.07, 6.45) is 0.633. The van der Waals surface area contributed by atoms with E-state index in [9.17, 15) is 8.42 Å². The minimum absolute atomic E-state index is 0.401. The molecule has 0 amide bonds. The molecule has 0 saturated carbocycles. The monoisotopic (exact) mass is 299 g/mol. The molecule has 0 saturated heterocycles. The van der Waals surface area contributed by atoms with Crippen molar-refractivity contribution < 1.29 is 8.42 Å². The minimum atomic E-state index is -3.49. The highest BCUT2D eigenvalue weighted by atomic mass is 32.2. The van der Waals surface area contributed by atoms with Gasteiger partial charge in [-0.2, -0.15) is 12.7 Å². The third-order valence-electron chi connectivity index (χ3n) is 3.20. The van der Waals surface area contributed by atoms with Crippen molar-refractivity contribution in [3.8, 4) is 0 Å². The van der Waals surface area contributed by atoms with Gasteiger partial charge in [-0.1, -0.05) is 31.5 Å². The summed E-state index contributed by atoms with van der Waals surface area (Å²) in [7, 11) is -3.49. The first-order valence-corrected chi connectivity index (χ1v) is 8.41. The van der Waals surface area contributed by atoms with Crippen LogP contribution in [0.15, 0.2) is 24.3 Å². The molecule has 0 heterocycles. The van der Waals surface area contributed by atoms with E-state index in [2.05, 4.69) is 0 Å². The lowest BCUT2D eigenvalue weighted by molar-refractivity contribution is 0.441. The van der Waals surface area contributed by atoms with Crippen LogP contribution in [0, 0.1) is 6.92 Å². The largest absolute Gasteiger partial charge is 0.330 e. The lowest BCUT2D eigenvalue weighted by atomic mass is 10.2. The van der Waals surface area contributed by atoms with Gasteiger partial charge in [0.05, 0.1) is 5.69 Å². The second kappa shape index (κ2) is 7.61. The fraction of sp³-hybridized carbons (Fsp3) is 0.571. The van der Waals surface area contributed by atoms with Crippen molar-refractivity contribution in [1.29, 1.82) is 0 Å². The van der Waals surface area contributed by atoms with E-state index in [4.69, 9.17) is 5.73 Å². The van der Waals surface area contributed by atoms with Crippen LogP contribution in [0.2, 0.25) is 0 Å². The molecule has 0 fully saturated rings. The van der Waals surface area contributed by atoms with E-state index in [1.54, 1.807) is 0 Å². The second-order valence-electron chi connectivity index (χ2n) is 4.64. The predicted molar refractivity (Wildman–Crippen MR) is 84.0 cm³/mol. The summed E-state index contributed by atoms with van der Waals surface area (Å²) >= 11 is 0. The molecule has 0 atom stereocenters. The van der Waals surface area contributed by atoms with E-state index in [0.717, 1.165) is 5.56 Å². The molecule has 5 nitrogen and oxygen atoms in total. The molecule has 0 radical (unpaired) electrons. The zero-order valence-electron chi connectivity index (χ0n) is 12.5. The maximum absolute atomic E-state index is 12.7. The Morgan fingerprint density at radius 1 is 1.10 bits per heavy atom. The maximum atomic E-state index is 12.7. The second-order valence-corrected chi connectivity index (χ2v) is 6.49. The standard InChI is InChI=1S/C14H25N3O2S/c1-4-16(5-2)20(18,19)17(12-6-11-15)14-9-7-13(3)8-10-14/h7-10H,4-6,11-12,15H2,1-3H3. The summed E-state index contributed by atoms with van der Waals surface area (Å²) in [5.41, 5.74) is 7.32. The SMILES string of the molecule is CCN(CC)S(=O)(=O)N(CCCN)c1ccc(C)cc1. The molecule has 0 spiro atoms. The smallest absolute Gasteiger partial charge is 0.304 e. The average molecular weight is 299 g/mol. The number of benzene rings is 1. The molecule has 0 aliphatic heterocycles. The lowest BCUT2D eigenvalue weighted by Gasteiger charge is -2.30. The van der Waals surface area contributed by atoms with Gasteiger partial charge < -0.3 is 5.73 Å². The number of nitrogens with zero attached hydrogens (tertiary/aromatic N) is 2. The zero-order chi connectivity index (χ0) is 15.2. The molecule has 0 aliphatic carbocycles. The van der Waals surface area contributed by atoms with Gasteiger partial charge in [-0.3, -0.25) is 4.31 Å². The van der Waals surface area contributed by atoms with Gasteiger partial charge in [0.1, 0.15) is 0 Å². The summed E-state index contributed by atoms with van der Waals surface area (Å²) in [4.78, 5) is 0. The molecule has 20 heavy (non-hydrogen) atoms. The van der Waals surface area contributed by atoms with Crippen LogP contribution in [0.5, 0.6) is 0 Å². The van der Waals surface area contributed by atoms with Crippen LogP contribution >= 0.6 is 0 Å². The Bertz CT molecular complexity index is 496. The van der Waals surface area contributed by atoms with Crippen molar-refractivity contribution in [1.82, 2.24) is 4.31 Å². The van der Waals surface area contributed by atoms with Crippen molar-refractivity contribution in [3.63, 3.8) is 0 Å². The maximum Gasteiger partial charge on any atom is 0.304 e. The molecule has 0 aromatic heterocycles. The normalized spacial score (nSPS) is 11.8. The lowest BCUT2D eigenvalue weighted by Crippen LogP contribution is -2.44. The van der Waals surface area contributed by atoms with E-state index in [1.807, 2.05) is 45.0 Å².